The molecule has 0 radical (unpaired) electrons. The van der Waals surface area contributed by atoms with Gasteiger partial charge in [0, 0.05) is 5.69 Å². The Hall–Kier alpha value is -1.90. The standard InChI is InChI=1S/C12H10IN3O3/c1-19-12(18)7-3-2-4-8(5-7)15-11(17)10-9(13)6-14-16-10/h2-6H,1H3,(H,14,16)(H,15,17). The lowest BCUT2D eigenvalue weighted by atomic mass is 10.2. The van der Waals surface area contributed by atoms with Gasteiger partial charge in [-0.3, -0.25) is 9.89 Å². The topological polar surface area (TPSA) is 84.1 Å². The fourth-order valence-corrected chi connectivity index (χ4v) is 1.97. The zero-order valence-corrected chi connectivity index (χ0v) is 12.1. The quantitative estimate of drug-likeness (QED) is 0.639. The normalized spacial score (nSPS) is 10.0. The number of aromatic nitrogens is 2. The summed E-state index contributed by atoms with van der Waals surface area (Å²) in [6, 6.07) is 6.52. The van der Waals surface area contributed by atoms with Gasteiger partial charge in [0.25, 0.3) is 5.91 Å². The summed E-state index contributed by atoms with van der Waals surface area (Å²) in [5.41, 5.74) is 1.27. The maximum absolute atomic E-state index is 11.9. The molecule has 0 fully saturated rings. The van der Waals surface area contributed by atoms with Crippen LogP contribution in [0.25, 0.3) is 0 Å². The Kier molecular flexibility index (Phi) is 4.15. The van der Waals surface area contributed by atoms with Crippen LogP contribution in [0, 0.1) is 3.57 Å². The van der Waals surface area contributed by atoms with Crippen molar-refractivity contribution in [2.45, 2.75) is 0 Å². The minimum atomic E-state index is -0.452. The molecule has 1 heterocycles. The smallest absolute Gasteiger partial charge is 0.337 e. The molecule has 0 saturated carbocycles. The molecule has 0 aliphatic carbocycles. The molecule has 0 bridgehead atoms. The van der Waals surface area contributed by atoms with Crippen molar-refractivity contribution in [3.63, 3.8) is 0 Å². The van der Waals surface area contributed by atoms with Gasteiger partial charge < -0.3 is 10.1 Å². The van der Waals surface area contributed by atoms with Crippen molar-refractivity contribution >= 4 is 40.2 Å². The Morgan fingerprint density at radius 1 is 1.42 bits per heavy atom. The lowest BCUT2D eigenvalue weighted by Gasteiger charge is -2.05. The van der Waals surface area contributed by atoms with E-state index in [9.17, 15) is 9.59 Å². The molecule has 0 aliphatic heterocycles. The van der Waals surface area contributed by atoms with E-state index in [0.29, 0.717) is 16.9 Å². The summed E-state index contributed by atoms with van der Waals surface area (Å²) in [5, 5.41) is 9.07. The number of benzene rings is 1. The van der Waals surface area contributed by atoms with E-state index in [4.69, 9.17) is 0 Å². The molecule has 0 atom stereocenters. The molecular formula is C12H10IN3O3. The van der Waals surface area contributed by atoms with Gasteiger partial charge >= 0.3 is 5.97 Å². The molecular weight excluding hydrogens is 361 g/mol. The monoisotopic (exact) mass is 371 g/mol. The fourth-order valence-electron chi connectivity index (χ4n) is 1.47. The molecule has 7 heteroatoms. The third-order valence-electron chi connectivity index (χ3n) is 2.36. The van der Waals surface area contributed by atoms with Gasteiger partial charge in [-0.25, -0.2) is 4.79 Å². The van der Waals surface area contributed by atoms with Gasteiger partial charge in [-0.15, -0.1) is 0 Å². The molecule has 19 heavy (non-hydrogen) atoms. The molecule has 6 nitrogen and oxygen atoms in total. The first-order valence-electron chi connectivity index (χ1n) is 5.30. The van der Waals surface area contributed by atoms with Gasteiger partial charge in [-0.1, -0.05) is 6.07 Å². The van der Waals surface area contributed by atoms with Crippen molar-refractivity contribution in [2.75, 3.05) is 12.4 Å². The van der Waals surface area contributed by atoms with E-state index in [1.807, 2.05) is 22.6 Å². The number of ether oxygens (including phenoxy) is 1. The van der Waals surface area contributed by atoms with Crippen LogP contribution in [0.4, 0.5) is 5.69 Å². The average Bonchev–Trinajstić information content (AvgIpc) is 2.84. The molecule has 1 aromatic carbocycles. The van der Waals surface area contributed by atoms with Crippen LogP contribution in [0.2, 0.25) is 0 Å². The van der Waals surface area contributed by atoms with Gasteiger partial charge in [0.05, 0.1) is 22.4 Å². The number of hydrogen-bond donors (Lipinski definition) is 2. The number of hydrogen-bond acceptors (Lipinski definition) is 4. The fraction of sp³-hybridized carbons (Fsp3) is 0.0833. The van der Waals surface area contributed by atoms with Gasteiger partial charge in [0.2, 0.25) is 0 Å². The van der Waals surface area contributed by atoms with Crippen LogP contribution >= 0.6 is 22.6 Å². The number of halogens is 1. The predicted molar refractivity (Wildman–Crippen MR) is 77.0 cm³/mol. The molecule has 1 amide bonds. The van der Waals surface area contributed by atoms with E-state index in [1.165, 1.54) is 7.11 Å². The zero-order chi connectivity index (χ0) is 13.8. The summed E-state index contributed by atoms with van der Waals surface area (Å²) >= 11 is 2.01. The summed E-state index contributed by atoms with van der Waals surface area (Å²) in [6.07, 6.45) is 1.56. The largest absolute Gasteiger partial charge is 0.465 e. The van der Waals surface area contributed by atoms with E-state index >= 15 is 0 Å². The SMILES string of the molecule is COC(=O)c1cccc(NC(=O)c2[nH]ncc2I)c1. The van der Waals surface area contributed by atoms with Crippen LogP contribution in [0.3, 0.4) is 0 Å². The number of rotatable bonds is 3. The number of aromatic amines is 1. The molecule has 0 unspecified atom stereocenters. The van der Waals surface area contributed by atoms with Gasteiger partial charge in [0.1, 0.15) is 5.69 Å². The number of carbonyl (C=O) groups is 2. The summed E-state index contributed by atoms with van der Waals surface area (Å²) < 4.78 is 5.34. The molecule has 2 N–H and O–H groups in total. The van der Waals surface area contributed by atoms with Gasteiger partial charge in [0.15, 0.2) is 0 Å². The van der Waals surface area contributed by atoms with Crippen LogP contribution < -0.4 is 5.32 Å². The van der Waals surface area contributed by atoms with Crippen LogP contribution in [0.1, 0.15) is 20.8 Å². The molecule has 0 saturated heterocycles. The molecule has 2 rings (SSSR count). The highest BCUT2D eigenvalue weighted by atomic mass is 127. The van der Waals surface area contributed by atoms with Crippen molar-refractivity contribution in [3.8, 4) is 0 Å². The van der Waals surface area contributed by atoms with Crippen LogP contribution in [0.15, 0.2) is 30.5 Å². The van der Waals surface area contributed by atoms with E-state index in [2.05, 4.69) is 20.3 Å². The summed E-state index contributed by atoms with van der Waals surface area (Å²) in [5.74, 6) is -0.767. The Balaban J connectivity index is 2.18. The zero-order valence-electron chi connectivity index (χ0n) is 9.94. The van der Waals surface area contributed by atoms with Crippen molar-refractivity contribution in [2.24, 2.45) is 0 Å². The van der Waals surface area contributed by atoms with E-state index in [0.717, 1.165) is 3.57 Å². The minimum absolute atomic E-state index is 0.316. The van der Waals surface area contributed by atoms with Crippen molar-refractivity contribution < 1.29 is 14.3 Å². The lowest BCUT2D eigenvalue weighted by Crippen LogP contribution is -2.14. The van der Waals surface area contributed by atoms with Crippen molar-refractivity contribution in [1.82, 2.24) is 10.2 Å². The molecule has 98 valence electrons. The number of H-pyrrole nitrogens is 1. The third kappa shape index (κ3) is 3.11. The second-order valence-electron chi connectivity index (χ2n) is 3.62. The van der Waals surface area contributed by atoms with Gasteiger partial charge in [-0.2, -0.15) is 5.10 Å². The molecule has 2 aromatic rings. The minimum Gasteiger partial charge on any atom is -0.465 e. The number of methoxy groups -OCH3 is 1. The van der Waals surface area contributed by atoms with Gasteiger partial charge in [-0.05, 0) is 40.8 Å². The van der Waals surface area contributed by atoms with Crippen molar-refractivity contribution in [3.05, 3.63) is 45.3 Å². The first-order chi connectivity index (χ1) is 9.11. The summed E-state index contributed by atoms with van der Waals surface area (Å²) in [4.78, 5) is 23.3. The number of anilines is 1. The molecule has 0 aliphatic rings. The third-order valence-corrected chi connectivity index (χ3v) is 3.18. The maximum Gasteiger partial charge on any atom is 0.337 e. The highest BCUT2D eigenvalue weighted by Crippen LogP contribution is 2.14. The van der Waals surface area contributed by atoms with Crippen molar-refractivity contribution in [1.29, 1.82) is 0 Å². The Bertz CT molecular complexity index is 624. The van der Waals surface area contributed by atoms with E-state index in [1.54, 1.807) is 30.5 Å². The Morgan fingerprint density at radius 2 is 2.21 bits per heavy atom. The number of nitrogens with zero attached hydrogens (tertiary/aromatic N) is 1. The highest BCUT2D eigenvalue weighted by molar-refractivity contribution is 14.1. The number of nitrogens with one attached hydrogen (secondary N) is 2. The number of esters is 1. The summed E-state index contributed by atoms with van der Waals surface area (Å²) in [6.45, 7) is 0. The lowest BCUT2D eigenvalue weighted by molar-refractivity contribution is 0.0600. The second kappa shape index (κ2) is 5.83. The first kappa shape index (κ1) is 13.5. The van der Waals surface area contributed by atoms with E-state index < -0.39 is 5.97 Å². The van der Waals surface area contributed by atoms with Crippen LogP contribution in [-0.4, -0.2) is 29.2 Å². The second-order valence-corrected chi connectivity index (χ2v) is 4.78. The molecule has 1 aromatic heterocycles. The number of carbonyl (C=O) groups excluding carboxylic acids is 2. The predicted octanol–water partition coefficient (Wildman–Crippen LogP) is 2.05. The van der Waals surface area contributed by atoms with Crippen LogP contribution in [0.5, 0.6) is 0 Å². The number of amides is 1. The molecule has 0 spiro atoms. The van der Waals surface area contributed by atoms with Crippen LogP contribution in [-0.2, 0) is 4.74 Å². The average molecular weight is 371 g/mol. The maximum atomic E-state index is 11.9. The summed E-state index contributed by atoms with van der Waals surface area (Å²) in [7, 11) is 1.31. The highest BCUT2D eigenvalue weighted by Gasteiger charge is 2.13. The Morgan fingerprint density at radius 3 is 2.84 bits per heavy atom. The van der Waals surface area contributed by atoms with E-state index in [-0.39, 0.29) is 5.91 Å². The first-order valence-corrected chi connectivity index (χ1v) is 6.38. The Labute approximate surface area is 122 Å².